The first kappa shape index (κ1) is 15.6. The number of ether oxygens (including phenoxy) is 1. The molecule has 0 spiro atoms. The molecular formula is C16H24N2O3. The third-order valence-electron chi connectivity index (χ3n) is 4.05. The molecule has 1 fully saturated rings. The van der Waals surface area contributed by atoms with Crippen LogP contribution in [0.25, 0.3) is 0 Å². The van der Waals surface area contributed by atoms with Crippen molar-refractivity contribution in [2.75, 3.05) is 18.9 Å². The van der Waals surface area contributed by atoms with E-state index in [-0.39, 0.29) is 24.5 Å². The summed E-state index contributed by atoms with van der Waals surface area (Å²) in [5.41, 5.74) is 6.74. The number of hydrogen-bond acceptors (Lipinski definition) is 4. The van der Waals surface area contributed by atoms with Crippen LogP contribution in [0.3, 0.4) is 0 Å². The fourth-order valence-corrected chi connectivity index (χ4v) is 2.92. The van der Waals surface area contributed by atoms with E-state index in [1.165, 1.54) is 0 Å². The molecule has 5 nitrogen and oxygen atoms in total. The number of rotatable bonds is 5. The Balaban J connectivity index is 2.16. The molecule has 0 aliphatic heterocycles. The average Bonchev–Trinajstić information content (AvgIpc) is 2.48. The minimum absolute atomic E-state index is 0.00494. The summed E-state index contributed by atoms with van der Waals surface area (Å²) >= 11 is 0. The van der Waals surface area contributed by atoms with Gasteiger partial charge in [-0.2, -0.15) is 0 Å². The lowest BCUT2D eigenvalue weighted by Crippen LogP contribution is -2.43. The molecule has 1 aliphatic carbocycles. The van der Waals surface area contributed by atoms with Crippen molar-refractivity contribution in [3.63, 3.8) is 0 Å². The lowest BCUT2D eigenvalue weighted by atomic mass is 9.85. The highest BCUT2D eigenvalue weighted by Gasteiger charge is 2.27. The Kier molecular flexibility index (Phi) is 5.44. The molecule has 1 aromatic rings. The van der Waals surface area contributed by atoms with Crippen LogP contribution < -0.4 is 15.8 Å². The largest absolute Gasteiger partial charge is 0.493 e. The summed E-state index contributed by atoms with van der Waals surface area (Å²) in [6, 6.07) is 5.22. The number of hydrogen-bond donors (Lipinski definition) is 3. The van der Waals surface area contributed by atoms with Crippen molar-refractivity contribution >= 4 is 11.6 Å². The van der Waals surface area contributed by atoms with E-state index in [2.05, 4.69) is 5.32 Å². The zero-order valence-corrected chi connectivity index (χ0v) is 12.5. The smallest absolute Gasteiger partial charge is 0.257 e. The van der Waals surface area contributed by atoms with Crippen LogP contribution in [0.15, 0.2) is 18.2 Å². The van der Waals surface area contributed by atoms with Crippen molar-refractivity contribution < 1.29 is 14.6 Å². The van der Waals surface area contributed by atoms with Crippen LogP contribution in [-0.2, 0) is 0 Å². The number of nitrogen functional groups attached to an aromatic ring is 1. The van der Waals surface area contributed by atoms with Crippen molar-refractivity contribution in [3.8, 4) is 5.75 Å². The van der Waals surface area contributed by atoms with Gasteiger partial charge in [-0.25, -0.2) is 0 Å². The van der Waals surface area contributed by atoms with Crippen LogP contribution in [0.2, 0.25) is 0 Å². The van der Waals surface area contributed by atoms with E-state index in [1.807, 2.05) is 6.92 Å². The molecule has 0 bridgehead atoms. The Hall–Kier alpha value is -1.75. The van der Waals surface area contributed by atoms with Crippen LogP contribution in [-0.4, -0.2) is 30.3 Å². The minimum atomic E-state index is -0.220. The first-order valence-electron chi connectivity index (χ1n) is 7.60. The van der Waals surface area contributed by atoms with Gasteiger partial charge in [0.05, 0.1) is 6.61 Å². The predicted octanol–water partition coefficient (Wildman–Crippen LogP) is 1.95. The van der Waals surface area contributed by atoms with E-state index in [0.29, 0.717) is 23.6 Å². The SMILES string of the molecule is CCOc1cccc(N)c1C(=O)NC1CCCCC1CO. The second-order valence-corrected chi connectivity index (χ2v) is 5.46. The quantitative estimate of drug-likeness (QED) is 0.724. The highest BCUT2D eigenvalue weighted by Crippen LogP contribution is 2.27. The summed E-state index contributed by atoms with van der Waals surface area (Å²) in [6.07, 6.45) is 4.02. The molecule has 2 atom stereocenters. The van der Waals surface area contributed by atoms with Gasteiger partial charge in [-0.15, -0.1) is 0 Å². The number of nitrogens with one attached hydrogen (secondary N) is 1. The maximum Gasteiger partial charge on any atom is 0.257 e. The Labute approximate surface area is 125 Å². The summed E-state index contributed by atoms with van der Waals surface area (Å²) in [5.74, 6) is 0.413. The standard InChI is InChI=1S/C16H24N2O3/c1-2-21-14-9-5-7-12(17)15(14)16(20)18-13-8-4-3-6-11(13)10-19/h5,7,9,11,13,19H,2-4,6,8,10,17H2,1H3,(H,18,20). The van der Waals surface area contributed by atoms with Crippen LogP contribution in [0, 0.1) is 5.92 Å². The van der Waals surface area contributed by atoms with Gasteiger partial charge in [-0.1, -0.05) is 18.9 Å². The number of carbonyl (C=O) groups excluding carboxylic acids is 1. The fourth-order valence-electron chi connectivity index (χ4n) is 2.92. The molecule has 5 heteroatoms. The fraction of sp³-hybridized carbons (Fsp3) is 0.562. The van der Waals surface area contributed by atoms with E-state index >= 15 is 0 Å². The number of nitrogens with two attached hydrogens (primary N) is 1. The second-order valence-electron chi connectivity index (χ2n) is 5.46. The first-order chi connectivity index (χ1) is 10.2. The van der Waals surface area contributed by atoms with E-state index in [4.69, 9.17) is 10.5 Å². The Morgan fingerprint density at radius 3 is 2.90 bits per heavy atom. The van der Waals surface area contributed by atoms with Crippen molar-refractivity contribution in [1.29, 1.82) is 0 Å². The van der Waals surface area contributed by atoms with Crippen molar-refractivity contribution in [2.24, 2.45) is 5.92 Å². The number of benzene rings is 1. The molecule has 2 unspecified atom stereocenters. The maximum atomic E-state index is 12.5. The third-order valence-corrected chi connectivity index (χ3v) is 4.05. The molecule has 0 radical (unpaired) electrons. The Morgan fingerprint density at radius 2 is 2.19 bits per heavy atom. The molecule has 0 saturated heterocycles. The number of amides is 1. The molecule has 1 aromatic carbocycles. The van der Waals surface area contributed by atoms with Gasteiger partial charge >= 0.3 is 0 Å². The van der Waals surface area contributed by atoms with Gasteiger partial charge < -0.3 is 20.9 Å². The van der Waals surface area contributed by atoms with E-state index in [9.17, 15) is 9.90 Å². The third kappa shape index (κ3) is 3.67. The Morgan fingerprint density at radius 1 is 1.43 bits per heavy atom. The Bertz CT molecular complexity index is 490. The maximum absolute atomic E-state index is 12.5. The second kappa shape index (κ2) is 7.31. The molecule has 1 saturated carbocycles. The monoisotopic (exact) mass is 292 g/mol. The van der Waals surface area contributed by atoms with Gasteiger partial charge in [0, 0.05) is 24.3 Å². The van der Waals surface area contributed by atoms with Gasteiger partial charge in [-0.05, 0) is 31.9 Å². The van der Waals surface area contributed by atoms with Crippen LogP contribution in [0.1, 0.15) is 43.0 Å². The lowest BCUT2D eigenvalue weighted by Gasteiger charge is -2.31. The van der Waals surface area contributed by atoms with Crippen molar-refractivity contribution in [3.05, 3.63) is 23.8 Å². The highest BCUT2D eigenvalue weighted by atomic mass is 16.5. The molecular weight excluding hydrogens is 268 g/mol. The number of aliphatic hydroxyl groups is 1. The van der Waals surface area contributed by atoms with Gasteiger partial charge in [0.25, 0.3) is 5.91 Å². The number of aliphatic hydroxyl groups excluding tert-OH is 1. The van der Waals surface area contributed by atoms with Crippen molar-refractivity contribution in [2.45, 2.75) is 38.6 Å². The lowest BCUT2D eigenvalue weighted by molar-refractivity contribution is 0.0870. The molecule has 1 aliphatic rings. The summed E-state index contributed by atoms with van der Waals surface area (Å²) in [7, 11) is 0. The van der Waals surface area contributed by atoms with Crippen molar-refractivity contribution in [1.82, 2.24) is 5.32 Å². The van der Waals surface area contributed by atoms with Gasteiger partial charge in [-0.3, -0.25) is 4.79 Å². The molecule has 1 amide bonds. The molecule has 116 valence electrons. The molecule has 21 heavy (non-hydrogen) atoms. The summed E-state index contributed by atoms with van der Waals surface area (Å²) < 4.78 is 5.49. The topological polar surface area (TPSA) is 84.6 Å². The predicted molar refractivity (Wildman–Crippen MR) is 82.3 cm³/mol. The normalized spacial score (nSPS) is 21.8. The zero-order chi connectivity index (χ0) is 15.2. The van der Waals surface area contributed by atoms with Gasteiger partial charge in [0.2, 0.25) is 0 Å². The molecule has 2 rings (SSSR count). The number of carbonyl (C=O) groups is 1. The summed E-state index contributed by atoms with van der Waals surface area (Å²) in [6.45, 7) is 2.45. The minimum Gasteiger partial charge on any atom is -0.493 e. The highest BCUT2D eigenvalue weighted by molar-refractivity contribution is 6.02. The number of anilines is 1. The van der Waals surface area contributed by atoms with Crippen LogP contribution in [0.4, 0.5) is 5.69 Å². The first-order valence-corrected chi connectivity index (χ1v) is 7.60. The molecule has 0 aromatic heterocycles. The van der Waals surface area contributed by atoms with Crippen LogP contribution in [0.5, 0.6) is 5.75 Å². The van der Waals surface area contributed by atoms with Crippen LogP contribution >= 0.6 is 0 Å². The molecule has 4 N–H and O–H groups in total. The molecule has 0 heterocycles. The van der Waals surface area contributed by atoms with E-state index in [0.717, 1.165) is 25.7 Å². The van der Waals surface area contributed by atoms with Gasteiger partial charge in [0.1, 0.15) is 11.3 Å². The van der Waals surface area contributed by atoms with E-state index < -0.39 is 0 Å². The summed E-state index contributed by atoms with van der Waals surface area (Å²) in [5, 5.41) is 12.5. The van der Waals surface area contributed by atoms with Gasteiger partial charge in [0.15, 0.2) is 0 Å². The summed E-state index contributed by atoms with van der Waals surface area (Å²) in [4.78, 5) is 12.5. The average molecular weight is 292 g/mol. The van der Waals surface area contributed by atoms with E-state index in [1.54, 1.807) is 18.2 Å². The zero-order valence-electron chi connectivity index (χ0n) is 12.5.